The van der Waals surface area contributed by atoms with Crippen molar-refractivity contribution in [2.24, 2.45) is 5.92 Å². The van der Waals surface area contributed by atoms with Gasteiger partial charge >= 0.3 is 5.97 Å². The van der Waals surface area contributed by atoms with Gasteiger partial charge in [-0.3, -0.25) is 0 Å². The van der Waals surface area contributed by atoms with Crippen molar-refractivity contribution in [1.82, 2.24) is 9.55 Å². The fourth-order valence-electron chi connectivity index (χ4n) is 3.24. The number of aromatic nitrogens is 2. The molecule has 0 saturated heterocycles. The van der Waals surface area contributed by atoms with Crippen LogP contribution < -0.4 is 0 Å². The zero-order chi connectivity index (χ0) is 13.4. The lowest BCUT2D eigenvalue weighted by Gasteiger charge is -2.21. The molecule has 1 unspecified atom stereocenters. The molecule has 1 aromatic heterocycles. The van der Waals surface area contributed by atoms with E-state index in [1.165, 1.54) is 25.7 Å². The Bertz CT molecular complexity index is 612. The van der Waals surface area contributed by atoms with Crippen LogP contribution in [-0.4, -0.2) is 20.6 Å². The molecule has 1 fully saturated rings. The lowest BCUT2D eigenvalue weighted by Crippen LogP contribution is -2.14. The summed E-state index contributed by atoms with van der Waals surface area (Å²) in [6, 6.07) is 5.60. The van der Waals surface area contributed by atoms with E-state index in [-0.39, 0.29) is 0 Å². The number of imidazole rings is 1. The van der Waals surface area contributed by atoms with E-state index in [0.29, 0.717) is 17.5 Å². The molecule has 3 rings (SSSR count). The van der Waals surface area contributed by atoms with Gasteiger partial charge in [0.25, 0.3) is 0 Å². The number of hydrogen-bond donors (Lipinski definition) is 1. The Balaban J connectivity index is 2.10. The van der Waals surface area contributed by atoms with Crippen LogP contribution in [0.2, 0.25) is 0 Å². The van der Waals surface area contributed by atoms with Crippen molar-refractivity contribution >= 4 is 17.0 Å². The number of rotatable bonds is 3. The number of carboxylic acid groups (broad SMARTS) is 1. The third-order valence-electron chi connectivity index (χ3n) is 4.35. The number of fused-ring (bicyclic) bond motifs is 1. The van der Waals surface area contributed by atoms with Gasteiger partial charge < -0.3 is 9.67 Å². The molecule has 0 spiro atoms. The first-order valence-electron chi connectivity index (χ1n) is 6.87. The number of carbonyl (C=O) groups is 1. The molecule has 4 nitrogen and oxygen atoms in total. The zero-order valence-electron chi connectivity index (χ0n) is 11.0. The Hall–Kier alpha value is -1.84. The van der Waals surface area contributed by atoms with Crippen molar-refractivity contribution in [3.8, 4) is 0 Å². The fourth-order valence-corrected chi connectivity index (χ4v) is 3.24. The van der Waals surface area contributed by atoms with Crippen molar-refractivity contribution in [2.75, 3.05) is 0 Å². The average molecular weight is 258 g/mol. The molecule has 19 heavy (non-hydrogen) atoms. The van der Waals surface area contributed by atoms with Gasteiger partial charge in [-0.1, -0.05) is 18.9 Å². The van der Waals surface area contributed by atoms with E-state index in [4.69, 9.17) is 0 Å². The fraction of sp³-hybridized carbons (Fsp3) is 0.467. The highest BCUT2D eigenvalue weighted by Crippen LogP contribution is 2.35. The molecule has 1 aliphatic carbocycles. The van der Waals surface area contributed by atoms with E-state index < -0.39 is 5.97 Å². The van der Waals surface area contributed by atoms with E-state index in [0.717, 1.165) is 11.0 Å². The summed E-state index contributed by atoms with van der Waals surface area (Å²) in [7, 11) is 0. The van der Waals surface area contributed by atoms with Gasteiger partial charge in [0.05, 0.1) is 22.9 Å². The van der Waals surface area contributed by atoms with Gasteiger partial charge in [0.2, 0.25) is 0 Å². The first-order valence-corrected chi connectivity index (χ1v) is 6.87. The number of para-hydroxylation sites is 1. The van der Waals surface area contributed by atoms with Crippen LogP contribution in [0.15, 0.2) is 24.5 Å². The SMILES string of the molecule is CC(C1CCCC1)n1cnc2cccc(C(=O)O)c21. The van der Waals surface area contributed by atoms with Gasteiger partial charge in [-0.15, -0.1) is 0 Å². The number of carboxylic acids is 1. The van der Waals surface area contributed by atoms with Crippen LogP contribution in [0.3, 0.4) is 0 Å². The van der Waals surface area contributed by atoms with Gasteiger partial charge in [-0.25, -0.2) is 9.78 Å². The van der Waals surface area contributed by atoms with Crippen LogP contribution in [0.5, 0.6) is 0 Å². The van der Waals surface area contributed by atoms with Crippen LogP contribution in [0.4, 0.5) is 0 Å². The molecule has 1 atom stereocenters. The number of benzene rings is 1. The maximum atomic E-state index is 11.4. The molecule has 0 aliphatic heterocycles. The van der Waals surface area contributed by atoms with Crippen LogP contribution in [0.25, 0.3) is 11.0 Å². The van der Waals surface area contributed by atoms with E-state index in [9.17, 15) is 9.90 Å². The van der Waals surface area contributed by atoms with E-state index >= 15 is 0 Å². The number of hydrogen-bond acceptors (Lipinski definition) is 2. The summed E-state index contributed by atoms with van der Waals surface area (Å²) in [5.74, 6) is -0.245. The largest absolute Gasteiger partial charge is 0.478 e. The van der Waals surface area contributed by atoms with Crippen molar-refractivity contribution < 1.29 is 9.90 Å². The quantitative estimate of drug-likeness (QED) is 0.916. The highest BCUT2D eigenvalue weighted by molar-refractivity contribution is 6.01. The predicted octanol–water partition coefficient (Wildman–Crippen LogP) is 3.49. The molecule has 100 valence electrons. The summed E-state index contributed by atoms with van der Waals surface area (Å²) in [6.45, 7) is 2.18. The molecule has 1 aliphatic rings. The van der Waals surface area contributed by atoms with Crippen LogP contribution in [-0.2, 0) is 0 Å². The van der Waals surface area contributed by atoms with Gasteiger partial charge in [0, 0.05) is 6.04 Å². The molecular weight excluding hydrogens is 240 g/mol. The second-order valence-electron chi connectivity index (χ2n) is 5.42. The standard InChI is InChI=1S/C15H18N2O2/c1-10(11-5-2-3-6-11)17-9-16-13-8-4-7-12(14(13)17)15(18)19/h4,7-11H,2-3,5-6H2,1H3,(H,18,19). The lowest BCUT2D eigenvalue weighted by molar-refractivity contribution is 0.0698. The van der Waals surface area contributed by atoms with Gasteiger partial charge in [-0.05, 0) is 37.8 Å². The molecule has 0 amide bonds. The first kappa shape index (κ1) is 12.2. The predicted molar refractivity (Wildman–Crippen MR) is 73.4 cm³/mol. The van der Waals surface area contributed by atoms with Gasteiger partial charge in [0.1, 0.15) is 0 Å². The summed E-state index contributed by atoms with van der Waals surface area (Å²) in [5, 5.41) is 9.33. The normalized spacial score (nSPS) is 17.9. The highest BCUT2D eigenvalue weighted by Gasteiger charge is 2.25. The van der Waals surface area contributed by atoms with Crippen molar-refractivity contribution in [3.63, 3.8) is 0 Å². The molecule has 1 saturated carbocycles. The molecule has 2 aromatic rings. The summed E-state index contributed by atoms with van der Waals surface area (Å²) >= 11 is 0. The Morgan fingerprint density at radius 1 is 1.42 bits per heavy atom. The Morgan fingerprint density at radius 2 is 2.16 bits per heavy atom. The van der Waals surface area contributed by atoms with Crippen LogP contribution >= 0.6 is 0 Å². The van der Waals surface area contributed by atoms with E-state index in [1.54, 1.807) is 18.5 Å². The summed E-state index contributed by atoms with van der Waals surface area (Å²) < 4.78 is 2.05. The maximum absolute atomic E-state index is 11.4. The van der Waals surface area contributed by atoms with Crippen molar-refractivity contribution in [1.29, 1.82) is 0 Å². The Morgan fingerprint density at radius 3 is 2.84 bits per heavy atom. The van der Waals surface area contributed by atoms with Crippen LogP contribution in [0, 0.1) is 5.92 Å². The minimum atomic E-state index is -0.883. The molecule has 0 radical (unpaired) electrons. The van der Waals surface area contributed by atoms with Gasteiger partial charge in [-0.2, -0.15) is 0 Å². The summed E-state index contributed by atoms with van der Waals surface area (Å²) in [5.41, 5.74) is 1.87. The van der Waals surface area contributed by atoms with Crippen molar-refractivity contribution in [2.45, 2.75) is 38.6 Å². The third kappa shape index (κ3) is 2.01. The second kappa shape index (κ2) is 4.68. The number of aromatic carboxylic acids is 1. The molecule has 0 bridgehead atoms. The van der Waals surface area contributed by atoms with Crippen molar-refractivity contribution in [3.05, 3.63) is 30.1 Å². The molecule has 1 heterocycles. The number of nitrogens with zero attached hydrogens (tertiary/aromatic N) is 2. The second-order valence-corrected chi connectivity index (χ2v) is 5.42. The van der Waals surface area contributed by atoms with E-state index in [2.05, 4.69) is 16.5 Å². The first-order chi connectivity index (χ1) is 9.18. The van der Waals surface area contributed by atoms with E-state index in [1.807, 2.05) is 6.07 Å². The summed E-state index contributed by atoms with van der Waals surface area (Å²) in [4.78, 5) is 15.7. The molecule has 1 N–H and O–H groups in total. The Kier molecular flexibility index (Phi) is 3.01. The zero-order valence-corrected chi connectivity index (χ0v) is 11.0. The molecular formula is C15H18N2O2. The minimum absolute atomic E-state index is 0.313. The smallest absolute Gasteiger partial charge is 0.337 e. The highest BCUT2D eigenvalue weighted by atomic mass is 16.4. The Labute approximate surface area is 112 Å². The third-order valence-corrected chi connectivity index (χ3v) is 4.35. The maximum Gasteiger partial charge on any atom is 0.337 e. The lowest BCUT2D eigenvalue weighted by atomic mass is 9.99. The van der Waals surface area contributed by atoms with Gasteiger partial charge in [0.15, 0.2) is 0 Å². The average Bonchev–Trinajstić information content (AvgIpc) is 3.06. The molecule has 4 heteroatoms. The van der Waals surface area contributed by atoms with Crippen LogP contribution in [0.1, 0.15) is 49.0 Å². The monoisotopic (exact) mass is 258 g/mol. The summed E-state index contributed by atoms with van der Waals surface area (Å²) in [6.07, 6.45) is 6.83. The minimum Gasteiger partial charge on any atom is -0.478 e. The topological polar surface area (TPSA) is 55.1 Å². The molecule has 1 aromatic carbocycles.